The number of aromatic nitrogens is 4. The molecule has 3 rings (SSSR count). The molecule has 0 aliphatic heterocycles. The van der Waals surface area contributed by atoms with E-state index < -0.39 is 0 Å². The lowest BCUT2D eigenvalue weighted by molar-refractivity contribution is 0.497. The maximum Gasteiger partial charge on any atom is 0.0945 e. The van der Waals surface area contributed by atoms with Crippen molar-refractivity contribution in [3.8, 4) is 0 Å². The molecule has 0 aliphatic carbocycles. The van der Waals surface area contributed by atoms with Gasteiger partial charge in [0.05, 0.1) is 6.33 Å². The topological polar surface area (TPSA) is 55.6 Å². The van der Waals surface area contributed by atoms with Crippen LogP contribution >= 0.6 is 0 Å². The quantitative estimate of drug-likeness (QED) is 0.616. The van der Waals surface area contributed by atoms with Crippen molar-refractivity contribution in [1.29, 1.82) is 0 Å². The van der Waals surface area contributed by atoms with E-state index in [1.807, 2.05) is 49.6 Å². The molecule has 3 aromatic rings. The number of aryl methyl sites for hydroxylation is 1. The van der Waals surface area contributed by atoms with Gasteiger partial charge in [0.15, 0.2) is 0 Å². The van der Waals surface area contributed by atoms with Crippen molar-refractivity contribution in [3.05, 3.63) is 78.9 Å². The molecule has 5 nitrogen and oxygen atoms in total. The third-order valence-corrected chi connectivity index (χ3v) is 4.07. The molecule has 0 saturated heterocycles. The number of pyridine rings is 2. The summed E-state index contributed by atoms with van der Waals surface area (Å²) < 4.78 is 2.12. The molecule has 0 amide bonds. The van der Waals surface area contributed by atoms with Gasteiger partial charge in [0.1, 0.15) is 0 Å². The van der Waals surface area contributed by atoms with Gasteiger partial charge in [-0.15, -0.1) is 0 Å². The monoisotopic (exact) mass is 321 g/mol. The molecule has 124 valence electrons. The van der Waals surface area contributed by atoms with Crippen molar-refractivity contribution >= 4 is 0 Å². The summed E-state index contributed by atoms with van der Waals surface area (Å²) >= 11 is 0. The fourth-order valence-corrected chi connectivity index (χ4v) is 2.76. The average Bonchev–Trinajstić information content (AvgIpc) is 3.15. The van der Waals surface area contributed by atoms with Gasteiger partial charge in [-0.3, -0.25) is 9.97 Å². The minimum Gasteiger partial charge on any atom is -0.337 e. The largest absolute Gasteiger partial charge is 0.337 e. The predicted molar refractivity (Wildman–Crippen MR) is 94.4 cm³/mol. The van der Waals surface area contributed by atoms with Gasteiger partial charge in [-0.25, -0.2) is 4.98 Å². The molecule has 0 aromatic carbocycles. The Kier molecular flexibility index (Phi) is 6.08. The van der Waals surface area contributed by atoms with Crippen LogP contribution in [0.1, 0.15) is 30.0 Å². The van der Waals surface area contributed by atoms with E-state index in [9.17, 15) is 0 Å². The number of hydrogen-bond donors (Lipinski definition) is 1. The van der Waals surface area contributed by atoms with Crippen LogP contribution in [0.2, 0.25) is 0 Å². The first-order valence-corrected chi connectivity index (χ1v) is 8.40. The Hall–Kier alpha value is -2.53. The highest BCUT2D eigenvalue weighted by Crippen LogP contribution is 2.17. The number of nitrogens with zero attached hydrogens (tertiary/aromatic N) is 4. The third-order valence-electron chi connectivity index (χ3n) is 4.07. The minimum atomic E-state index is 0.273. The highest BCUT2D eigenvalue weighted by molar-refractivity contribution is 5.19. The van der Waals surface area contributed by atoms with Crippen molar-refractivity contribution in [3.63, 3.8) is 0 Å². The second kappa shape index (κ2) is 8.93. The van der Waals surface area contributed by atoms with E-state index in [4.69, 9.17) is 0 Å². The lowest BCUT2D eigenvalue weighted by Gasteiger charge is -2.19. The first-order valence-electron chi connectivity index (χ1n) is 8.40. The fraction of sp³-hybridized carbons (Fsp3) is 0.316. The summed E-state index contributed by atoms with van der Waals surface area (Å²) in [5.41, 5.74) is 2.51. The first kappa shape index (κ1) is 16.3. The van der Waals surface area contributed by atoms with E-state index in [0.29, 0.717) is 0 Å². The van der Waals surface area contributed by atoms with Crippen molar-refractivity contribution in [2.24, 2.45) is 0 Å². The van der Waals surface area contributed by atoms with Crippen LogP contribution in [-0.2, 0) is 13.0 Å². The maximum absolute atomic E-state index is 4.26. The highest BCUT2D eigenvalue weighted by atomic mass is 15.0. The van der Waals surface area contributed by atoms with Crippen LogP contribution in [0.25, 0.3) is 0 Å². The van der Waals surface area contributed by atoms with Gasteiger partial charge >= 0.3 is 0 Å². The normalized spacial score (nSPS) is 12.2. The van der Waals surface area contributed by atoms with E-state index in [1.165, 1.54) is 11.1 Å². The van der Waals surface area contributed by atoms with Gasteiger partial charge < -0.3 is 9.88 Å². The van der Waals surface area contributed by atoms with Gasteiger partial charge in [0, 0.05) is 49.8 Å². The number of nitrogens with one attached hydrogen (secondary N) is 1. The standard InChI is InChI=1S/C19H23N5/c1(2-12-24-13-11-22-16-24)8-23-19(18-4-3-7-21-15-18)14-17-5-9-20-10-6-17/h3-7,9-11,13,15-16,19,23H,1-2,8,12,14H2. The molecule has 24 heavy (non-hydrogen) atoms. The van der Waals surface area contributed by atoms with Gasteiger partial charge in [0.25, 0.3) is 0 Å². The molecule has 3 aromatic heterocycles. The number of rotatable bonds is 9. The van der Waals surface area contributed by atoms with E-state index in [2.05, 4.69) is 43.0 Å². The second-order valence-corrected chi connectivity index (χ2v) is 5.86. The number of imidazole rings is 1. The highest BCUT2D eigenvalue weighted by Gasteiger charge is 2.11. The van der Waals surface area contributed by atoms with Gasteiger partial charge in [-0.1, -0.05) is 6.07 Å². The van der Waals surface area contributed by atoms with Crippen LogP contribution in [0, 0.1) is 0 Å². The van der Waals surface area contributed by atoms with Crippen LogP contribution < -0.4 is 5.32 Å². The zero-order chi connectivity index (χ0) is 16.5. The molecule has 0 fully saturated rings. The zero-order valence-electron chi connectivity index (χ0n) is 13.8. The van der Waals surface area contributed by atoms with Crippen molar-refractivity contribution in [2.45, 2.75) is 31.8 Å². The molecule has 1 atom stereocenters. The van der Waals surface area contributed by atoms with E-state index >= 15 is 0 Å². The van der Waals surface area contributed by atoms with Crippen LogP contribution in [0.4, 0.5) is 0 Å². The summed E-state index contributed by atoms with van der Waals surface area (Å²) in [6.07, 6.45) is 16.4. The lowest BCUT2D eigenvalue weighted by Crippen LogP contribution is -2.24. The van der Waals surface area contributed by atoms with Gasteiger partial charge in [0.2, 0.25) is 0 Å². The summed E-state index contributed by atoms with van der Waals surface area (Å²) in [6, 6.07) is 8.55. The molecule has 1 unspecified atom stereocenters. The van der Waals surface area contributed by atoms with Crippen LogP contribution in [0.3, 0.4) is 0 Å². The number of hydrogen-bond acceptors (Lipinski definition) is 4. The summed E-state index contributed by atoms with van der Waals surface area (Å²) in [6.45, 7) is 2.00. The maximum atomic E-state index is 4.26. The molecule has 5 heteroatoms. The Morgan fingerprint density at radius 1 is 0.958 bits per heavy atom. The average molecular weight is 321 g/mol. The van der Waals surface area contributed by atoms with Crippen molar-refractivity contribution in [2.75, 3.05) is 6.54 Å². The lowest BCUT2D eigenvalue weighted by atomic mass is 10.0. The van der Waals surface area contributed by atoms with Crippen LogP contribution in [-0.4, -0.2) is 26.1 Å². The summed E-state index contributed by atoms with van der Waals surface area (Å²) in [5.74, 6) is 0. The Balaban J connectivity index is 1.52. The summed E-state index contributed by atoms with van der Waals surface area (Å²) in [4.78, 5) is 12.4. The Labute approximate surface area is 142 Å². The first-order chi connectivity index (χ1) is 11.9. The molecule has 1 N–H and O–H groups in total. The molecule has 0 aliphatic rings. The van der Waals surface area contributed by atoms with Crippen LogP contribution in [0.15, 0.2) is 67.8 Å². The smallest absolute Gasteiger partial charge is 0.0945 e. The number of unbranched alkanes of at least 4 members (excludes halogenated alkanes) is 1. The Morgan fingerprint density at radius 2 is 1.88 bits per heavy atom. The molecule has 0 spiro atoms. The van der Waals surface area contributed by atoms with Crippen molar-refractivity contribution in [1.82, 2.24) is 24.8 Å². The molecular weight excluding hydrogens is 298 g/mol. The fourth-order valence-electron chi connectivity index (χ4n) is 2.76. The summed E-state index contributed by atoms with van der Waals surface area (Å²) in [7, 11) is 0. The summed E-state index contributed by atoms with van der Waals surface area (Å²) in [5, 5.41) is 3.68. The second-order valence-electron chi connectivity index (χ2n) is 5.86. The molecule has 0 radical (unpaired) electrons. The minimum absolute atomic E-state index is 0.273. The van der Waals surface area contributed by atoms with E-state index in [1.54, 1.807) is 0 Å². The van der Waals surface area contributed by atoms with Crippen molar-refractivity contribution < 1.29 is 0 Å². The van der Waals surface area contributed by atoms with Gasteiger partial charge in [-0.05, 0) is 55.1 Å². The Morgan fingerprint density at radius 3 is 2.62 bits per heavy atom. The third kappa shape index (κ3) is 4.99. The predicted octanol–water partition coefficient (Wildman–Crippen LogP) is 3.03. The van der Waals surface area contributed by atoms with Gasteiger partial charge in [-0.2, -0.15) is 0 Å². The zero-order valence-corrected chi connectivity index (χ0v) is 13.8. The molecular formula is C19H23N5. The van der Waals surface area contributed by atoms with E-state index in [0.717, 1.165) is 32.4 Å². The molecule has 0 saturated carbocycles. The van der Waals surface area contributed by atoms with E-state index in [-0.39, 0.29) is 6.04 Å². The molecule has 3 heterocycles. The van der Waals surface area contributed by atoms with Crippen LogP contribution in [0.5, 0.6) is 0 Å². The molecule has 0 bridgehead atoms. The Bertz CT molecular complexity index is 682. The SMILES string of the molecule is c1cncc(C(Cc2ccncc2)NCCCCn2ccnc2)c1.